The third-order valence-corrected chi connectivity index (χ3v) is 6.88. The number of hydrogen-bond acceptors (Lipinski definition) is 3. The van der Waals surface area contributed by atoms with Gasteiger partial charge in [-0.25, -0.2) is 8.42 Å². The van der Waals surface area contributed by atoms with Crippen molar-refractivity contribution < 1.29 is 8.42 Å². The number of fused-ring (bicyclic) bond motifs is 1. The molecule has 0 aliphatic heterocycles. The topological polar surface area (TPSA) is 37.4 Å². The van der Waals surface area contributed by atoms with Crippen molar-refractivity contribution in [2.75, 3.05) is 13.1 Å². The molecule has 2 aromatic carbocycles. The van der Waals surface area contributed by atoms with Gasteiger partial charge in [0, 0.05) is 6.04 Å². The Morgan fingerprint density at radius 2 is 1.58 bits per heavy atom. The smallest absolute Gasteiger partial charge is 0.182 e. The molecular formula is C22H29NO2S. The summed E-state index contributed by atoms with van der Waals surface area (Å²) in [5.41, 5.74) is 3.60. The Morgan fingerprint density at radius 3 is 2.23 bits per heavy atom. The first-order valence-corrected chi connectivity index (χ1v) is 11.3. The van der Waals surface area contributed by atoms with Crippen LogP contribution in [0.25, 0.3) is 0 Å². The zero-order valence-electron chi connectivity index (χ0n) is 15.8. The van der Waals surface area contributed by atoms with Crippen molar-refractivity contribution in [2.45, 2.75) is 56.2 Å². The molecule has 4 heteroatoms. The van der Waals surface area contributed by atoms with Crippen LogP contribution < -0.4 is 0 Å². The van der Waals surface area contributed by atoms with Gasteiger partial charge in [0.05, 0.1) is 10.6 Å². The van der Waals surface area contributed by atoms with Gasteiger partial charge < -0.3 is 0 Å². The van der Waals surface area contributed by atoms with Gasteiger partial charge >= 0.3 is 0 Å². The molecule has 2 aromatic rings. The molecule has 1 atom stereocenters. The van der Waals surface area contributed by atoms with Crippen molar-refractivity contribution in [3.8, 4) is 0 Å². The summed E-state index contributed by atoms with van der Waals surface area (Å²) in [5, 5.41) is 0. The van der Waals surface area contributed by atoms with Gasteiger partial charge in [-0.05, 0) is 67.6 Å². The first-order chi connectivity index (χ1) is 12.5. The summed E-state index contributed by atoms with van der Waals surface area (Å²) in [4.78, 5) is 3.00. The maximum atomic E-state index is 12.6. The summed E-state index contributed by atoms with van der Waals surface area (Å²) < 4.78 is 25.3. The van der Waals surface area contributed by atoms with E-state index in [0.29, 0.717) is 10.9 Å². The highest BCUT2D eigenvalue weighted by Gasteiger charge is 2.26. The van der Waals surface area contributed by atoms with Gasteiger partial charge in [-0.2, -0.15) is 0 Å². The largest absolute Gasteiger partial charge is 0.300 e. The van der Waals surface area contributed by atoms with E-state index in [1.807, 2.05) is 12.1 Å². The van der Waals surface area contributed by atoms with Crippen molar-refractivity contribution in [1.29, 1.82) is 0 Å². The molecule has 0 N–H and O–H groups in total. The normalized spacial score (nSPS) is 16.8. The lowest BCUT2D eigenvalue weighted by molar-refractivity contribution is 0.202. The number of benzene rings is 2. The van der Waals surface area contributed by atoms with Crippen molar-refractivity contribution >= 4 is 9.84 Å². The minimum Gasteiger partial charge on any atom is -0.300 e. The van der Waals surface area contributed by atoms with E-state index in [0.717, 1.165) is 31.5 Å². The van der Waals surface area contributed by atoms with Crippen molar-refractivity contribution in [3.05, 3.63) is 65.2 Å². The van der Waals surface area contributed by atoms with E-state index in [1.54, 1.807) is 24.3 Å². The molecule has 0 aromatic heterocycles. The predicted molar refractivity (Wildman–Crippen MR) is 107 cm³/mol. The lowest BCUT2D eigenvalue weighted by Crippen LogP contribution is -2.37. The Balaban J connectivity index is 1.75. The van der Waals surface area contributed by atoms with E-state index >= 15 is 0 Å². The number of rotatable bonds is 8. The zero-order valence-corrected chi connectivity index (χ0v) is 16.6. The van der Waals surface area contributed by atoms with E-state index in [4.69, 9.17) is 0 Å². The van der Waals surface area contributed by atoms with Gasteiger partial charge in [0.25, 0.3) is 0 Å². The molecule has 1 aliphatic carbocycles. The maximum absolute atomic E-state index is 12.6. The molecule has 0 fully saturated rings. The van der Waals surface area contributed by atoms with Gasteiger partial charge in [0.1, 0.15) is 0 Å². The molecule has 0 spiro atoms. The fourth-order valence-electron chi connectivity index (χ4n) is 3.98. The Bertz CT molecular complexity index is 824. The number of nitrogens with zero attached hydrogens (tertiary/aromatic N) is 1. The molecule has 140 valence electrons. The molecular weight excluding hydrogens is 342 g/mol. The summed E-state index contributed by atoms with van der Waals surface area (Å²) in [6, 6.07) is 15.5. The van der Waals surface area contributed by atoms with Crippen LogP contribution in [-0.4, -0.2) is 32.4 Å². The van der Waals surface area contributed by atoms with Gasteiger partial charge in [0.2, 0.25) is 0 Å². The number of hydrogen-bond donors (Lipinski definition) is 0. The predicted octanol–water partition coefficient (Wildman–Crippen LogP) is 4.25. The van der Waals surface area contributed by atoms with Gasteiger partial charge in [-0.1, -0.05) is 50.2 Å². The highest BCUT2D eigenvalue weighted by molar-refractivity contribution is 7.90. The Morgan fingerprint density at radius 1 is 0.923 bits per heavy atom. The summed E-state index contributed by atoms with van der Waals surface area (Å²) in [7, 11) is -3.29. The lowest BCUT2D eigenvalue weighted by Gasteiger charge is -2.27. The van der Waals surface area contributed by atoms with Crippen LogP contribution in [0, 0.1) is 0 Å². The van der Waals surface area contributed by atoms with Crippen LogP contribution in [0.2, 0.25) is 0 Å². The van der Waals surface area contributed by atoms with E-state index < -0.39 is 9.84 Å². The highest BCUT2D eigenvalue weighted by atomic mass is 32.2. The summed E-state index contributed by atoms with van der Waals surface area (Å²) >= 11 is 0. The van der Waals surface area contributed by atoms with Crippen LogP contribution in [0.5, 0.6) is 0 Å². The molecule has 3 nitrogen and oxygen atoms in total. The van der Waals surface area contributed by atoms with Crippen LogP contribution in [0.1, 0.15) is 43.4 Å². The fraction of sp³-hybridized carbons (Fsp3) is 0.455. The van der Waals surface area contributed by atoms with E-state index in [2.05, 4.69) is 30.9 Å². The first kappa shape index (κ1) is 19.1. The number of sulfone groups is 1. The zero-order chi connectivity index (χ0) is 18.6. The van der Waals surface area contributed by atoms with Crippen molar-refractivity contribution in [2.24, 2.45) is 0 Å². The van der Waals surface area contributed by atoms with Crippen molar-refractivity contribution in [1.82, 2.24) is 4.90 Å². The minimum absolute atomic E-state index is 0.0720. The second-order valence-corrected chi connectivity index (χ2v) is 9.26. The van der Waals surface area contributed by atoms with Gasteiger partial charge in [0.15, 0.2) is 9.84 Å². The van der Waals surface area contributed by atoms with Crippen LogP contribution in [0.15, 0.2) is 53.4 Å². The van der Waals surface area contributed by atoms with E-state index in [9.17, 15) is 8.42 Å². The quantitative estimate of drug-likeness (QED) is 0.696. The SMILES string of the molecule is CCCN(CCC)C1Cc2ccc(CS(=O)(=O)c3ccccc3)cc2C1. The van der Waals surface area contributed by atoms with E-state index in [1.165, 1.54) is 24.0 Å². The molecule has 0 amide bonds. The molecule has 26 heavy (non-hydrogen) atoms. The van der Waals surface area contributed by atoms with Crippen LogP contribution in [0.4, 0.5) is 0 Å². The Hall–Kier alpha value is -1.65. The lowest BCUT2D eigenvalue weighted by atomic mass is 10.1. The first-order valence-electron chi connectivity index (χ1n) is 9.66. The minimum atomic E-state index is -3.29. The molecule has 0 heterocycles. The average molecular weight is 372 g/mol. The van der Waals surface area contributed by atoms with Crippen molar-refractivity contribution in [3.63, 3.8) is 0 Å². The third-order valence-electron chi connectivity index (χ3n) is 5.18. The molecule has 0 bridgehead atoms. The monoisotopic (exact) mass is 371 g/mol. The van der Waals surface area contributed by atoms with Gasteiger partial charge in [-0.3, -0.25) is 4.90 Å². The standard InChI is InChI=1S/C22H29NO2S/c1-3-12-23(13-4-2)21-15-19-11-10-18(14-20(19)16-21)17-26(24,25)22-8-6-5-7-9-22/h5-11,14,21H,3-4,12-13,15-17H2,1-2H3. The molecule has 3 rings (SSSR count). The van der Waals surface area contributed by atoms with Crippen LogP contribution in [0.3, 0.4) is 0 Å². The maximum Gasteiger partial charge on any atom is 0.182 e. The summed E-state index contributed by atoms with van der Waals surface area (Å²) in [5.74, 6) is 0.0720. The molecule has 0 saturated carbocycles. The summed E-state index contributed by atoms with van der Waals surface area (Å²) in [6.45, 7) is 6.75. The summed E-state index contributed by atoms with van der Waals surface area (Å²) in [6.07, 6.45) is 4.47. The van der Waals surface area contributed by atoms with Gasteiger partial charge in [-0.15, -0.1) is 0 Å². The third kappa shape index (κ3) is 4.36. The Labute approximate surface area is 158 Å². The molecule has 1 aliphatic rings. The molecule has 0 radical (unpaired) electrons. The molecule has 1 unspecified atom stereocenters. The fourth-order valence-corrected chi connectivity index (χ4v) is 5.34. The molecule has 0 saturated heterocycles. The Kier molecular flexibility index (Phi) is 6.15. The van der Waals surface area contributed by atoms with Crippen LogP contribution >= 0.6 is 0 Å². The second kappa shape index (κ2) is 8.36. The van der Waals surface area contributed by atoms with Crippen LogP contribution in [-0.2, 0) is 28.4 Å². The average Bonchev–Trinajstić information content (AvgIpc) is 3.05. The second-order valence-electron chi connectivity index (χ2n) is 7.27. The highest BCUT2D eigenvalue weighted by Crippen LogP contribution is 2.28. The van der Waals surface area contributed by atoms with E-state index in [-0.39, 0.29) is 5.75 Å².